The van der Waals surface area contributed by atoms with Gasteiger partial charge in [0.2, 0.25) is 0 Å². The van der Waals surface area contributed by atoms with E-state index in [4.69, 9.17) is 0 Å². The number of hydrogen-bond donors (Lipinski definition) is 1. The number of benzene rings is 3. The van der Waals surface area contributed by atoms with Crippen LogP contribution in [0.4, 0.5) is 11.4 Å². The Kier molecular flexibility index (Phi) is 5.51. The summed E-state index contributed by atoms with van der Waals surface area (Å²) in [5, 5.41) is 2.83. The lowest BCUT2D eigenvalue weighted by Gasteiger charge is -2.22. The Balaban J connectivity index is 1.95. The van der Waals surface area contributed by atoms with Crippen molar-refractivity contribution in [2.24, 2.45) is 0 Å². The summed E-state index contributed by atoms with van der Waals surface area (Å²) in [7, 11) is -2.34. The minimum atomic E-state index is -3.79. The van der Waals surface area contributed by atoms with Crippen molar-refractivity contribution < 1.29 is 13.2 Å². The van der Waals surface area contributed by atoms with Gasteiger partial charge in [0.1, 0.15) is 0 Å². The number of nitrogens with one attached hydrogen (secondary N) is 1. The van der Waals surface area contributed by atoms with Gasteiger partial charge in [0, 0.05) is 12.7 Å². The van der Waals surface area contributed by atoms with Crippen LogP contribution in [0.25, 0.3) is 0 Å². The summed E-state index contributed by atoms with van der Waals surface area (Å²) in [6.07, 6.45) is 0. The van der Waals surface area contributed by atoms with E-state index in [1.165, 1.54) is 7.05 Å². The smallest absolute Gasteiger partial charge is 0.264 e. The molecule has 0 unspecified atom stereocenters. The van der Waals surface area contributed by atoms with Gasteiger partial charge in [-0.3, -0.25) is 9.10 Å². The zero-order valence-corrected chi connectivity index (χ0v) is 16.8. The Morgan fingerprint density at radius 2 is 1.54 bits per heavy atom. The molecule has 0 radical (unpaired) electrons. The van der Waals surface area contributed by atoms with Gasteiger partial charge in [0.25, 0.3) is 15.9 Å². The number of aryl methyl sites for hydroxylation is 2. The van der Waals surface area contributed by atoms with Crippen LogP contribution >= 0.6 is 0 Å². The molecule has 0 spiro atoms. The lowest BCUT2D eigenvalue weighted by molar-refractivity contribution is 0.102. The van der Waals surface area contributed by atoms with Crippen LogP contribution in [0.15, 0.2) is 77.7 Å². The number of anilines is 2. The maximum atomic E-state index is 13.0. The van der Waals surface area contributed by atoms with E-state index in [1.807, 2.05) is 32.0 Å². The Labute approximate surface area is 165 Å². The Morgan fingerprint density at radius 3 is 2.21 bits per heavy atom. The van der Waals surface area contributed by atoms with E-state index >= 15 is 0 Å². The van der Waals surface area contributed by atoms with Crippen molar-refractivity contribution in [1.82, 2.24) is 0 Å². The summed E-state index contributed by atoms with van der Waals surface area (Å²) in [6.45, 7) is 3.83. The van der Waals surface area contributed by atoms with Crippen molar-refractivity contribution in [1.29, 1.82) is 0 Å². The van der Waals surface area contributed by atoms with E-state index in [2.05, 4.69) is 5.32 Å². The van der Waals surface area contributed by atoms with E-state index in [0.717, 1.165) is 15.4 Å². The highest BCUT2D eigenvalue weighted by molar-refractivity contribution is 7.92. The molecule has 144 valence electrons. The summed E-state index contributed by atoms with van der Waals surface area (Å²) in [5.41, 5.74) is 3.24. The number of carbonyl (C=O) groups is 1. The fourth-order valence-corrected chi connectivity index (χ4v) is 4.07. The van der Waals surface area contributed by atoms with Crippen LogP contribution in [0.2, 0.25) is 0 Å². The molecule has 0 aromatic heterocycles. The molecule has 0 heterocycles. The number of carbonyl (C=O) groups excluding carboxylic acids is 1. The third-order valence-corrected chi connectivity index (χ3v) is 6.23. The number of hydrogen-bond acceptors (Lipinski definition) is 3. The minimum Gasteiger partial charge on any atom is -0.322 e. The average Bonchev–Trinajstić information content (AvgIpc) is 2.67. The summed E-state index contributed by atoms with van der Waals surface area (Å²) < 4.78 is 27.2. The topological polar surface area (TPSA) is 66.5 Å². The van der Waals surface area contributed by atoms with Crippen LogP contribution in [0.3, 0.4) is 0 Å². The van der Waals surface area contributed by atoms with Gasteiger partial charge in [-0.15, -0.1) is 0 Å². The molecule has 0 fully saturated rings. The lowest BCUT2D eigenvalue weighted by Crippen LogP contribution is -2.29. The highest BCUT2D eigenvalue weighted by Crippen LogP contribution is 2.26. The number of amides is 1. The molecule has 0 aliphatic rings. The van der Waals surface area contributed by atoms with E-state index < -0.39 is 10.0 Å². The van der Waals surface area contributed by atoms with Gasteiger partial charge in [0.05, 0.1) is 16.1 Å². The third kappa shape index (κ3) is 4.07. The lowest BCUT2D eigenvalue weighted by atomic mass is 10.1. The largest absolute Gasteiger partial charge is 0.322 e. The first-order valence-electron chi connectivity index (χ1n) is 8.82. The molecule has 0 aliphatic carbocycles. The van der Waals surface area contributed by atoms with Gasteiger partial charge >= 0.3 is 0 Å². The molecular weight excluding hydrogens is 372 g/mol. The zero-order valence-electron chi connectivity index (χ0n) is 16.0. The second kappa shape index (κ2) is 7.86. The molecule has 1 N–H and O–H groups in total. The first-order chi connectivity index (χ1) is 13.3. The van der Waals surface area contributed by atoms with Crippen molar-refractivity contribution in [3.8, 4) is 0 Å². The Morgan fingerprint density at radius 1 is 0.857 bits per heavy atom. The molecular formula is C22H22N2O3S. The molecule has 3 rings (SSSR count). The number of para-hydroxylation sites is 1. The van der Waals surface area contributed by atoms with Crippen LogP contribution in [0, 0.1) is 13.8 Å². The molecule has 0 bridgehead atoms. The normalized spacial score (nSPS) is 11.1. The van der Waals surface area contributed by atoms with Crippen molar-refractivity contribution in [2.75, 3.05) is 16.7 Å². The standard InChI is InChI=1S/C22H22N2O3S/c1-16-11-13-19(14-12-16)28(26,27)24(3)21-10-5-4-9-20(21)22(25)23-18-8-6-7-17(2)15-18/h4-15H,1-3H3,(H,23,25). The van der Waals surface area contributed by atoms with Gasteiger partial charge in [-0.05, 0) is 55.8 Å². The maximum Gasteiger partial charge on any atom is 0.264 e. The van der Waals surface area contributed by atoms with Crippen LogP contribution in [-0.4, -0.2) is 21.4 Å². The van der Waals surface area contributed by atoms with Gasteiger partial charge in [-0.25, -0.2) is 8.42 Å². The summed E-state index contributed by atoms with van der Waals surface area (Å²) in [4.78, 5) is 13.0. The molecule has 3 aromatic rings. The second-order valence-corrected chi connectivity index (χ2v) is 8.60. The summed E-state index contributed by atoms with van der Waals surface area (Å²) >= 11 is 0. The SMILES string of the molecule is Cc1ccc(S(=O)(=O)N(C)c2ccccc2C(=O)Nc2cccc(C)c2)cc1. The Hall–Kier alpha value is -3.12. The molecule has 0 saturated carbocycles. The number of rotatable bonds is 5. The molecule has 0 atom stereocenters. The van der Waals surface area contributed by atoms with Crippen LogP contribution < -0.4 is 9.62 Å². The van der Waals surface area contributed by atoms with Crippen LogP contribution in [-0.2, 0) is 10.0 Å². The van der Waals surface area contributed by atoms with Crippen molar-refractivity contribution in [3.63, 3.8) is 0 Å². The third-order valence-electron chi connectivity index (χ3n) is 4.44. The van der Waals surface area contributed by atoms with Gasteiger partial charge in [-0.1, -0.05) is 42.0 Å². The minimum absolute atomic E-state index is 0.175. The van der Waals surface area contributed by atoms with Crippen molar-refractivity contribution in [2.45, 2.75) is 18.7 Å². The predicted molar refractivity (Wildman–Crippen MR) is 112 cm³/mol. The molecule has 0 saturated heterocycles. The first kappa shape index (κ1) is 19.6. The highest BCUT2D eigenvalue weighted by Gasteiger charge is 2.25. The molecule has 6 heteroatoms. The number of sulfonamides is 1. The van der Waals surface area contributed by atoms with E-state index in [9.17, 15) is 13.2 Å². The summed E-state index contributed by atoms with van der Waals surface area (Å²) in [5.74, 6) is -0.368. The molecule has 28 heavy (non-hydrogen) atoms. The van der Waals surface area contributed by atoms with Crippen molar-refractivity contribution >= 4 is 27.3 Å². The van der Waals surface area contributed by atoms with E-state index in [1.54, 1.807) is 54.6 Å². The van der Waals surface area contributed by atoms with Gasteiger partial charge in [-0.2, -0.15) is 0 Å². The molecule has 3 aromatic carbocycles. The second-order valence-electron chi connectivity index (χ2n) is 6.63. The fraction of sp³-hybridized carbons (Fsp3) is 0.136. The average molecular weight is 394 g/mol. The fourth-order valence-electron chi connectivity index (χ4n) is 2.86. The van der Waals surface area contributed by atoms with E-state index in [0.29, 0.717) is 11.4 Å². The first-order valence-corrected chi connectivity index (χ1v) is 10.3. The number of nitrogens with zero attached hydrogens (tertiary/aromatic N) is 1. The molecule has 0 aliphatic heterocycles. The Bertz CT molecular complexity index is 1110. The quantitative estimate of drug-likeness (QED) is 0.698. The zero-order chi connectivity index (χ0) is 20.3. The van der Waals surface area contributed by atoms with E-state index in [-0.39, 0.29) is 16.4 Å². The molecule has 5 nitrogen and oxygen atoms in total. The molecule has 1 amide bonds. The van der Waals surface area contributed by atoms with Gasteiger partial charge in [0.15, 0.2) is 0 Å². The van der Waals surface area contributed by atoms with Crippen LogP contribution in [0.5, 0.6) is 0 Å². The monoisotopic (exact) mass is 394 g/mol. The maximum absolute atomic E-state index is 13.0. The summed E-state index contributed by atoms with van der Waals surface area (Å²) in [6, 6.07) is 20.7. The van der Waals surface area contributed by atoms with Crippen LogP contribution in [0.1, 0.15) is 21.5 Å². The highest BCUT2D eigenvalue weighted by atomic mass is 32.2. The van der Waals surface area contributed by atoms with Gasteiger partial charge < -0.3 is 5.32 Å². The predicted octanol–water partition coefficient (Wildman–Crippen LogP) is 4.38. The van der Waals surface area contributed by atoms with Crippen molar-refractivity contribution in [3.05, 3.63) is 89.5 Å².